The van der Waals surface area contributed by atoms with Crippen LogP contribution in [0.15, 0.2) is 36.7 Å². The molecule has 1 aromatic carbocycles. The smallest absolute Gasteiger partial charge is 0.268 e. The van der Waals surface area contributed by atoms with E-state index in [1.54, 1.807) is 12.4 Å². The molecule has 3 rings (SSSR count). The number of amides is 1. The maximum absolute atomic E-state index is 11.0. The number of aromatic nitrogens is 3. The Morgan fingerprint density at radius 2 is 2.12 bits per heavy atom. The minimum Gasteiger partial charge on any atom is -0.364 e. The van der Waals surface area contributed by atoms with Crippen LogP contribution < -0.4 is 5.73 Å². The summed E-state index contributed by atoms with van der Waals surface area (Å²) < 4.78 is 1.81. The molecule has 0 atom stereocenters. The highest BCUT2D eigenvalue weighted by molar-refractivity contribution is 5.91. The van der Waals surface area contributed by atoms with Gasteiger partial charge in [-0.15, -0.1) is 0 Å². The summed E-state index contributed by atoms with van der Waals surface area (Å²) >= 11 is 0. The minimum atomic E-state index is -0.542. The first-order chi connectivity index (χ1) is 7.75. The molecule has 3 aromatic rings. The molecule has 0 aliphatic rings. The van der Waals surface area contributed by atoms with E-state index < -0.39 is 5.91 Å². The number of rotatable bonds is 1. The van der Waals surface area contributed by atoms with Crippen molar-refractivity contribution >= 4 is 22.6 Å². The third kappa shape index (κ3) is 1.15. The molecule has 0 unspecified atom stereocenters. The van der Waals surface area contributed by atoms with Crippen LogP contribution in [0.1, 0.15) is 10.5 Å². The van der Waals surface area contributed by atoms with Crippen LogP contribution >= 0.6 is 0 Å². The monoisotopic (exact) mass is 212 g/mol. The molecule has 5 heteroatoms. The van der Waals surface area contributed by atoms with Crippen molar-refractivity contribution < 1.29 is 4.79 Å². The average Bonchev–Trinajstić information content (AvgIpc) is 2.66. The first kappa shape index (κ1) is 8.84. The summed E-state index contributed by atoms with van der Waals surface area (Å²) in [4.78, 5) is 19.3. The number of carbonyl (C=O) groups excluding carboxylic acids is 1. The van der Waals surface area contributed by atoms with Crippen molar-refractivity contribution in [1.29, 1.82) is 0 Å². The predicted octanol–water partition coefficient (Wildman–Crippen LogP) is 0.981. The zero-order valence-corrected chi connectivity index (χ0v) is 8.29. The van der Waals surface area contributed by atoms with E-state index in [9.17, 15) is 4.79 Å². The lowest BCUT2D eigenvalue weighted by Gasteiger charge is -1.97. The number of nitrogens with two attached hydrogens (primary N) is 1. The van der Waals surface area contributed by atoms with E-state index in [-0.39, 0.29) is 5.69 Å². The minimum absolute atomic E-state index is 0.232. The lowest BCUT2D eigenvalue weighted by atomic mass is 10.3. The van der Waals surface area contributed by atoms with Gasteiger partial charge in [-0.3, -0.25) is 9.20 Å². The molecule has 0 fully saturated rings. The van der Waals surface area contributed by atoms with Gasteiger partial charge < -0.3 is 5.73 Å². The lowest BCUT2D eigenvalue weighted by molar-refractivity contribution is 0.0995. The van der Waals surface area contributed by atoms with E-state index in [0.29, 0.717) is 5.65 Å². The zero-order chi connectivity index (χ0) is 11.1. The van der Waals surface area contributed by atoms with E-state index in [4.69, 9.17) is 5.73 Å². The Morgan fingerprint density at radius 3 is 2.94 bits per heavy atom. The molecule has 0 radical (unpaired) electrons. The molecule has 78 valence electrons. The summed E-state index contributed by atoms with van der Waals surface area (Å²) in [5, 5.41) is 0. The molecule has 0 bridgehead atoms. The average molecular weight is 212 g/mol. The number of hydrogen-bond donors (Lipinski definition) is 1. The molecule has 5 nitrogen and oxygen atoms in total. The molecule has 0 saturated heterocycles. The topological polar surface area (TPSA) is 73.3 Å². The van der Waals surface area contributed by atoms with Gasteiger partial charge >= 0.3 is 0 Å². The number of hydrogen-bond acceptors (Lipinski definition) is 3. The van der Waals surface area contributed by atoms with E-state index in [2.05, 4.69) is 9.97 Å². The summed E-state index contributed by atoms with van der Waals surface area (Å²) in [7, 11) is 0. The van der Waals surface area contributed by atoms with Crippen LogP contribution in [0.5, 0.6) is 0 Å². The Kier molecular flexibility index (Phi) is 1.67. The van der Waals surface area contributed by atoms with Gasteiger partial charge in [0.05, 0.1) is 17.2 Å². The van der Waals surface area contributed by atoms with Gasteiger partial charge in [-0.25, -0.2) is 9.97 Å². The first-order valence-corrected chi connectivity index (χ1v) is 4.78. The molecule has 16 heavy (non-hydrogen) atoms. The fourth-order valence-electron chi connectivity index (χ4n) is 1.70. The van der Waals surface area contributed by atoms with Crippen molar-refractivity contribution in [2.45, 2.75) is 0 Å². The molecule has 2 N–H and O–H groups in total. The van der Waals surface area contributed by atoms with E-state index in [1.165, 1.54) is 0 Å². The third-order valence-electron chi connectivity index (χ3n) is 2.45. The standard InChI is InChI=1S/C11H8N4O/c12-11(16)8-6-15-9-4-2-1-3-7(9)14-10(15)5-13-8/h1-6H,(H2,12,16). The van der Waals surface area contributed by atoms with Crippen molar-refractivity contribution in [3.05, 3.63) is 42.4 Å². The Hall–Kier alpha value is -2.43. The maximum atomic E-state index is 11.0. The Morgan fingerprint density at radius 1 is 1.31 bits per heavy atom. The number of para-hydroxylation sites is 2. The molecule has 2 heterocycles. The van der Waals surface area contributed by atoms with Crippen LogP contribution in [-0.4, -0.2) is 20.3 Å². The summed E-state index contributed by atoms with van der Waals surface area (Å²) in [6, 6.07) is 7.67. The first-order valence-electron chi connectivity index (χ1n) is 4.78. The molecular formula is C11H8N4O. The van der Waals surface area contributed by atoms with Gasteiger partial charge in [0.25, 0.3) is 5.91 Å². The van der Waals surface area contributed by atoms with Gasteiger partial charge in [0.15, 0.2) is 5.65 Å². The van der Waals surface area contributed by atoms with Crippen LogP contribution in [0.2, 0.25) is 0 Å². The van der Waals surface area contributed by atoms with Crippen LogP contribution in [0, 0.1) is 0 Å². The van der Waals surface area contributed by atoms with Gasteiger partial charge in [0, 0.05) is 6.20 Å². The van der Waals surface area contributed by atoms with E-state index in [1.807, 2.05) is 28.7 Å². The second kappa shape index (κ2) is 3.03. The molecule has 0 spiro atoms. The number of imidazole rings is 1. The number of carbonyl (C=O) groups is 1. The van der Waals surface area contributed by atoms with E-state index in [0.717, 1.165) is 11.0 Å². The van der Waals surface area contributed by atoms with Crippen LogP contribution in [0.4, 0.5) is 0 Å². The summed E-state index contributed by atoms with van der Waals surface area (Å²) in [5.41, 5.74) is 7.91. The second-order valence-electron chi connectivity index (χ2n) is 3.47. The Labute approximate surface area is 90.5 Å². The number of primary amides is 1. The molecule has 0 aliphatic carbocycles. The lowest BCUT2D eigenvalue weighted by Crippen LogP contribution is -2.13. The van der Waals surface area contributed by atoms with Gasteiger partial charge in [0.1, 0.15) is 5.69 Å². The van der Waals surface area contributed by atoms with Gasteiger partial charge in [-0.2, -0.15) is 0 Å². The Bertz CT molecular complexity index is 701. The van der Waals surface area contributed by atoms with E-state index >= 15 is 0 Å². The fourth-order valence-corrected chi connectivity index (χ4v) is 1.70. The largest absolute Gasteiger partial charge is 0.364 e. The molecule has 0 saturated carbocycles. The van der Waals surface area contributed by atoms with Crippen molar-refractivity contribution in [3.8, 4) is 0 Å². The van der Waals surface area contributed by atoms with Crippen LogP contribution in [-0.2, 0) is 0 Å². The molecule has 1 amide bonds. The van der Waals surface area contributed by atoms with Gasteiger partial charge in [0.2, 0.25) is 0 Å². The van der Waals surface area contributed by atoms with Gasteiger partial charge in [-0.1, -0.05) is 12.1 Å². The van der Waals surface area contributed by atoms with Crippen LogP contribution in [0.25, 0.3) is 16.7 Å². The molecular weight excluding hydrogens is 204 g/mol. The SMILES string of the molecule is NC(=O)c1cn2c(cn1)nc1ccccc12. The van der Waals surface area contributed by atoms with Gasteiger partial charge in [-0.05, 0) is 12.1 Å². The fraction of sp³-hybridized carbons (Fsp3) is 0. The summed E-state index contributed by atoms with van der Waals surface area (Å²) in [6.07, 6.45) is 3.15. The van der Waals surface area contributed by atoms with Crippen molar-refractivity contribution in [2.75, 3.05) is 0 Å². The van der Waals surface area contributed by atoms with Crippen molar-refractivity contribution in [3.63, 3.8) is 0 Å². The second-order valence-corrected chi connectivity index (χ2v) is 3.47. The Balaban J connectivity index is 2.44. The number of nitrogens with zero attached hydrogens (tertiary/aromatic N) is 3. The maximum Gasteiger partial charge on any atom is 0.268 e. The summed E-state index contributed by atoms with van der Waals surface area (Å²) in [5.74, 6) is -0.542. The third-order valence-corrected chi connectivity index (χ3v) is 2.45. The molecule has 0 aliphatic heterocycles. The highest BCUT2D eigenvalue weighted by Crippen LogP contribution is 2.15. The normalized spacial score (nSPS) is 11.0. The van der Waals surface area contributed by atoms with Crippen LogP contribution in [0.3, 0.4) is 0 Å². The quantitative estimate of drug-likeness (QED) is 0.653. The number of fused-ring (bicyclic) bond motifs is 3. The highest BCUT2D eigenvalue weighted by Gasteiger charge is 2.07. The summed E-state index contributed by atoms with van der Waals surface area (Å²) in [6.45, 7) is 0. The number of benzene rings is 1. The molecule has 2 aromatic heterocycles. The van der Waals surface area contributed by atoms with Crippen molar-refractivity contribution in [1.82, 2.24) is 14.4 Å². The van der Waals surface area contributed by atoms with Crippen molar-refractivity contribution in [2.24, 2.45) is 5.73 Å². The highest BCUT2D eigenvalue weighted by atomic mass is 16.1. The predicted molar refractivity (Wildman–Crippen MR) is 59.0 cm³/mol. The zero-order valence-electron chi connectivity index (χ0n) is 8.29.